The highest BCUT2D eigenvalue weighted by atomic mass is 16.2. The summed E-state index contributed by atoms with van der Waals surface area (Å²) in [6, 6.07) is 1.57. The van der Waals surface area contributed by atoms with Crippen molar-refractivity contribution in [2.75, 3.05) is 35.7 Å². The maximum Gasteiger partial charge on any atom is 0.269 e. The number of primary amides is 1. The first-order chi connectivity index (χ1) is 15.0. The molecule has 0 unspecified atom stereocenters. The summed E-state index contributed by atoms with van der Waals surface area (Å²) in [4.78, 5) is 47.7. The molecular formula is C19H22N10O2. The Morgan fingerprint density at radius 3 is 2.55 bits per heavy atom. The molecule has 1 fully saturated rings. The van der Waals surface area contributed by atoms with Gasteiger partial charge in [-0.2, -0.15) is 0 Å². The molecule has 4 N–H and O–H groups in total. The van der Waals surface area contributed by atoms with Gasteiger partial charge in [0.15, 0.2) is 17.3 Å². The van der Waals surface area contributed by atoms with E-state index < -0.39 is 11.8 Å². The average Bonchev–Trinajstić information content (AvgIpc) is 3.44. The third-order valence-corrected chi connectivity index (χ3v) is 4.83. The second-order valence-electron chi connectivity index (χ2n) is 6.96. The number of hydrogen-bond acceptors (Lipinski definition) is 9. The number of hydrogen-bond donors (Lipinski definition) is 3. The molecule has 1 saturated heterocycles. The molecule has 12 nitrogen and oxygen atoms in total. The van der Waals surface area contributed by atoms with E-state index >= 15 is 0 Å². The number of nitrogens with zero attached hydrogens (tertiary/aromatic N) is 7. The molecule has 12 heteroatoms. The summed E-state index contributed by atoms with van der Waals surface area (Å²) in [6.45, 7) is 1.77. The third-order valence-electron chi connectivity index (χ3n) is 4.83. The van der Waals surface area contributed by atoms with E-state index in [9.17, 15) is 9.59 Å². The van der Waals surface area contributed by atoms with Crippen LogP contribution in [-0.2, 0) is 11.3 Å². The lowest BCUT2D eigenvalue weighted by Gasteiger charge is -2.14. The second-order valence-corrected chi connectivity index (χ2v) is 6.96. The van der Waals surface area contributed by atoms with Gasteiger partial charge in [-0.15, -0.1) is 0 Å². The van der Waals surface area contributed by atoms with Gasteiger partial charge in [-0.1, -0.05) is 0 Å². The Morgan fingerprint density at radius 1 is 1.13 bits per heavy atom. The van der Waals surface area contributed by atoms with Crippen LogP contribution in [0.15, 0.2) is 31.0 Å². The summed E-state index contributed by atoms with van der Waals surface area (Å²) in [5, 5.41) is 5.46. The first kappa shape index (κ1) is 20.2. The van der Waals surface area contributed by atoms with Crippen molar-refractivity contribution in [3.05, 3.63) is 36.7 Å². The number of nitrogens with two attached hydrogens (primary N) is 1. The summed E-state index contributed by atoms with van der Waals surface area (Å²) in [5.41, 5.74) is 6.15. The zero-order chi connectivity index (χ0) is 21.8. The van der Waals surface area contributed by atoms with Crippen LogP contribution in [0, 0.1) is 0 Å². The predicted octanol–water partition coefficient (Wildman–Crippen LogP) is 0.510. The third kappa shape index (κ3) is 4.42. The molecule has 160 valence electrons. The van der Waals surface area contributed by atoms with Crippen LogP contribution in [0.1, 0.15) is 23.3 Å². The molecule has 3 aromatic heterocycles. The molecule has 0 radical (unpaired) electrons. The summed E-state index contributed by atoms with van der Waals surface area (Å²) >= 11 is 0. The molecule has 4 heterocycles. The molecule has 0 aromatic carbocycles. The molecule has 3 aromatic rings. The smallest absolute Gasteiger partial charge is 0.269 e. The molecule has 1 aliphatic heterocycles. The number of rotatable bonds is 7. The number of carbonyl (C=O) groups excluding carboxylic acids is 2. The van der Waals surface area contributed by atoms with Crippen molar-refractivity contribution in [2.45, 2.75) is 19.4 Å². The SMILES string of the molecule is CNc1ncn(CC(=O)Nc2ccnc(-c3cnc(N4CCCC4)nc3)n2)c1C(N)=O. The molecule has 0 aliphatic carbocycles. The van der Waals surface area contributed by atoms with Crippen LogP contribution in [0.3, 0.4) is 0 Å². The van der Waals surface area contributed by atoms with Gasteiger partial charge in [0, 0.05) is 38.7 Å². The summed E-state index contributed by atoms with van der Waals surface area (Å²) in [5.74, 6) is 0.625. The topological polar surface area (TPSA) is 157 Å². The molecule has 0 saturated carbocycles. The first-order valence-corrected chi connectivity index (χ1v) is 9.78. The van der Waals surface area contributed by atoms with E-state index in [1.54, 1.807) is 25.5 Å². The Bertz CT molecular complexity index is 1090. The van der Waals surface area contributed by atoms with Gasteiger partial charge in [0.25, 0.3) is 5.91 Å². The van der Waals surface area contributed by atoms with Crippen molar-refractivity contribution in [1.29, 1.82) is 0 Å². The number of imidazole rings is 1. The van der Waals surface area contributed by atoms with Gasteiger partial charge in [-0.3, -0.25) is 9.59 Å². The van der Waals surface area contributed by atoms with E-state index in [1.807, 2.05) is 0 Å². The highest BCUT2D eigenvalue weighted by Crippen LogP contribution is 2.19. The highest BCUT2D eigenvalue weighted by Gasteiger charge is 2.18. The van der Waals surface area contributed by atoms with Gasteiger partial charge in [0.2, 0.25) is 11.9 Å². The van der Waals surface area contributed by atoms with E-state index in [2.05, 4.69) is 40.5 Å². The van der Waals surface area contributed by atoms with Crippen molar-refractivity contribution in [3.63, 3.8) is 0 Å². The van der Waals surface area contributed by atoms with Gasteiger partial charge >= 0.3 is 0 Å². The predicted molar refractivity (Wildman–Crippen MR) is 113 cm³/mol. The van der Waals surface area contributed by atoms with Crippen LogP contribution in [0.4, 0.5) is 17.6 Å². The van der Waals surface area contributed by atoms with Crippen molar-refractivity contribution in [2.24, 2.45) is 5.73 Å². The Labute approximate surface area is 177 Å². The van der Waals surface area contributed by atoms with Crippen LogP contribution in [0.5, 0.6) is 0 Å². The second kappa shape index (κ2) is 8.73. The molecular weight excluding hydrogens is 400 g/mol. The molecule has 0 bridgehead atoms. The average molecular weight is 422 g/mol. The summed E-state index contributed by atoms with van der Waals surface area (Å²) < 4.78 is 1.37. The van der Waals surface area contributed by atoms with E-state index in [0.29, 0.717) is 29.0 Å². The number of carbonyl (C=O) groups is 2. The number of amides is 2. The minimum absolute atomic E-state index is 0.122. The van der Waals surface area contributed by atoms with Gasteiger partial charge in [-0.05, 0) is 18.9 Å². The van der Waals surface area contributed by atoms with Crippen molar-refractivity contribution >= 4 is 29.4 Å². The highest BCUT2D eigenvalue weighted by molar-refractivity contribution is 5.97. The largest absolute Gasteiger partial charge is 0.371 e. The Balaban J connectivity index is 1.46. The van der Waals surface area contributed by atoms with E-state index in [1.165, 1.54) is 17.1 Å². The number of aromatic nitrogens is 6. The minimum atomic E-state index is -0.684. The van der Waals surface area contributed by atoms with Crippen molar-refractivity contribution < 1.29 is 9.59 Å². The zero-order valence-corrected chi connectivity index (χ0v) is 16.9. The van der Waals surface area contributed by atoms with Crippen LogP contribution >= 0.6 is 0 Å². The standard InChI is InChI=1S/C19H22N10O2/c1-21-18-15(16(20)31)29(11-25-18)10-14(30)26-13-4-5-22-17(27-13)12-8-23-19(24-9-12)28-6-2-3-7-28/h4-5,8-9,11,21H,2-3,6-7,10H2,1H3,(H2,20,31)(H,22,26,27,30). The van der Waals surface area contributed by atoms with Gasteiger partial charge in [0.05, 0.1) is 11.9 Å². The quantitative estimate of drug-likeness (QED) is 0.493. The lowest BCUT2D eigenvalue weighted by molar-refractivity contribution is -0.116. The first-order valence-electron chi connectivity index (χ1n) is 9.78. The fourth-order valence-corrected chi connectivity index (χ4v) is 3.37. The fraction of sp³-hybridized carbons (Fsp3) is 0.316. The molecule has 0 atom stereocenters. The van der Waals surface area contributed by atoms with Gasteiger partial charge in [0.1, 0.15) is 12.4 Å². The normalized spacial score (nSPS) is 13.3. The minimum Gasteiger partial charge on any atom is -0.371 e. The number of anilines is 3. The molecule has 2 amide bonds. The zero-order valence-electron chi connectivity index (χ0n) is 16.9. The molecule has 4 rings (SSSR count). The summed E-state index contributed by atoms with van der Waals surface area (Å²) in [6.07, 6.45) is 8.54. The van der Waals surface area contributed by atoms with Gasteiger partial charge < -0.3 is 25.8 Å². The Morgan fingerprint density at radius 2 is 1.87 bits per heavy atom. The number of nitrogens with one attached hydrogen (secondary N) is 2. The lowest BCUT2D eigenvalue weighted by Crippen LogP contribution is -2.24. The van der Waals surface area contributed by atoms with Crippen LogP contribution in [-0.4, -0.2) is 61.4 Å². The van der Waals surface area contributed by atoms with Crippen LogP contribution in [0.25, 0.3) is 11.4 Å². The molecule has 0 spiro atoms. The maximum atomic E-state index is 12.5. The van der Waals surface area contributed by atoms with Crippen molar-refractivity contribution in [1.82, 2.24) is 29.5 Å². The van der Waals surface area contributed by atoms with Crippen LogP contribution < -0.4 is 21.3 Å². The fourth-order valence-electron chi connectivity index (χ4n) is 3.37. The van der Waals surface area contributed by atoms with E-state index in [-0.39, 0.29) is 12.2 Å². The van der Waals surface area contributed by atoms with Crippen molar-refractivity contribution in [3.8, 4) is 11.4 Å². The maximum absolute atomic E-state index is 12.5. The van der Waals surface area contributed by atoms with E-state index in [0.717, 1.165) is 25.9 Å². The molecule has 31 heavy (non-hydrogen) atoms. The van der Waals surface area contributed by atoms with Gasteiger partial charge in [-0.25, -0.2) is 24.9 Å². The van der Waals surface area contributed by atoms with E-state index in [4.69, 9.17) is 5.73 Å². The lowest BCUT2D eigenvalue weighted by atomic mass is 10.3. The summed E-state index contributed by atoms with van der Waals surface area (Å²) in [7, 11) is 1.61. The van der Waals surface area contributed by atoms with Crippen LogP contribution in [0.2, 0.25) is 0 Å². The molecule has 1 aliphatic rings. The monoisotopic (exact) mass is 422 g/mol. The Hall–Kier alpha value is -4.09. The Kier molecular flexibility index (Phi) is 5.69.